The summed E-state index contributed by atoms with van der Waals surface area (Å²) in [6, 6.07) is 7.67. The molecule has 0 aliphatic carbocycles. The number of aromatic hydroxyl groups is 1. The second-order valence-electron chi connectivity index (χ2n) is 5.52. The molecular weight excluding hydrogens is 272 g/mol. The number of aryl methyl sites for hydroxylation is 1. The van der Waals surface area contributed by atoms with Crippen LogP contribution < -0.4 is 0 Å². The first-order valence-electron chi connectivity index (χ1n) is 8.67. The van der Waals surface area contributed by atoms with Crippen LogP contribution in [0.2, 0.25) is 0 Å². The average Bonchev–Trinajstić information content (AvgIpc) is 3.37. The van der Waals surface area contributed by atoms with Crippen LogP contribution in [0.4, 0.5) is 0 Å². The first-order chi connectivity index (χ1) is 10.8. The fraction of sp³-hybridized carbons (Fsp3) is 0.600. The number of hydrogen-bond donors (Lipinski definition) is 1. The predicted molar refractivity (Wildman–Crippen MR) is 96.5 cm³/mol. The van der Waals surface area contributed by atoms with Gasteiger partial charge in [-0.2, -0.15) is 0 Å². The second kappa shape index (κ2) is 16.1. The third-order valence-electron chi connectivity index (χ3n) is 3.25. The Balaban J connectivity index is 0.000000615. The van der Waals surface area contributed by atoms with Gasteiger partial charge < -0.3 is 9.84 Å². The molecule has 0 aromatic heterocycles. The van der Waals surface area contributed by atoms with Crippen molar-refractivity contribution in [1.82, 2.24) is 0 Å². The van der Waals surface area contributed by atoms with Crippen molar-refractivity contribution in [1.29, 1.82) is 0 Å². The van der Waals surface area contributed by atoms with Crippen molar-refractivity contribution < 1.29 is 9.84 Å². The van der Waals surface area contributed by atoms with Gasteiger partial charge >= 0.3 is 0 Å². The zero-order valence-corrected chi connectivity index (χ0v) is 14.5. The quantitative estimate of drug-likeness (QED) is 0.369. The molecular formula is C20H34O2. The molecule has 1 aliphatic heterocycles. The highest BCUT2D eigenvalue weighted by Gasteiger charge is 1.98. The largest absolute Gasteiger partial charge is 0.508 e. The highest BCUT2D eigenvalue weighted by atomic mass is 16.6. The summed E-state index contributed by atoms with van der Waals surface area (Å²) in [6.45, 7) is 9.50. The normalized spacial score (nSPS) is 11.5. The number of phenolic OH excluding ortho intramolecular Hbond substituents is 1. The summed E-state index contributed by atoms with van der Waals surface area (Å²) in [5.74, 6) is 0.452. The molecule has 2 rings (SSSR count). The lowest BCUT2D eigenvalue weighted by Crippen LogP contribution is -1.87. The molecule has 126 valence electrons. The topological polar surface area (TPSA) is 32.8 Å². The highest BCUT2D eigenvalue weighted by molar-refractivity contribution is 5.31. The average molecular weight is 306 g/mol. The van der Waals surface area contributed by atoms with Gasteiger partial charge in [-0.25, -0.2) is 0 Å². The van der Waals surface area contributed by atoms with Gasteiger partial charge in [0.05, 0.1) is 13.2 Å². The number of allylic oxidation sites excluding steroid dienone is 1. The number of rotatable bonds is 8. The van der Waals surface area contributed by atoms with Crippen LogP contribution in [0.15, 0.2) is 36.9 Å². The lowest BCUT2D eigenvalue weighted by Gasteiger charge is -2.04. The smallest absolute Gasteiger partial charge is 0.118 e. The molecule has 1 aromatic carbocycles. The summed E-state index contributed by atoms with van der Waals surface area (Å²) in [4.78, 5) is 0. The van der Waals surface area contributed by atoms with E-state index in [2.05, 4.69) is 18.2 Å². The number of phenols is 1. The number of epoxide rings is 1. The summed E-state index contributed by atoms with van der Waals surface area (Å²) in [5.41, 5.74) is 1.09. The van der Waals surface area contributed by atoms with Gasteiger partial charge in [0.1, 0.15) is 5.75 Å². The first kappa shape index (κ1) is 20.7. The minimum absolute atomic E-state index is 0.452. The number of benzene rings is 1. The fourth-order valence-electron chi connectivity index (χ4n) is 1.99. The molecule has 0 spiro atoms. The van der Waals surface area contributed by atoms with Gasteiger partial charge in [-0.15, -0.1) is 6.58 Å². The molecule has 2 heteroatoms. The van der Waals surface area contributed by atoms with E-state index in [0.717, 1.165) is 25.2 Å². The number of para-hydroxylation sites is 1. The van der Waals surface area contributed by atoms with Crippen LogP contribution in [-0.2, 0) is 11.2 Å². The molecule has 0 unspecified atom stereocenters. The maximum Gasteiger partial charge on any atom is 0.118 e. The van der Waals surface area contributed by atoms with Crippen LogP contribution in [0.5, 0.6) is 5.75 Å². The van der Waals surface area contributed by atoms with Crippen LogP contribution >= 0.6 is 0 Å². The Morgan fingerprint density at radius 2 is 1.55 bits per heavy atom. The van der Waals surface area contributed by atoms with Crippen molar-refractivity contribution in [2.75, 3.05) is 13.2 Å². The highest BCUT2D eigenvalue weighted by Crippen LogP contribution is 2.18. The molecule has 1 aliphatic rings. The predicted octanol–water partition coefficient (Wildman–Crippen LogP) is 5.89. The maximum absolute atomic E-state index is 9.58. The lowest BCUT2D eigenvalue weighted by molar-refractivity contribution is 0.466. The maximum atomic E-state index is 9.58. The molecule has 1 aromatic rings. The van der Waals surface area contributed by atoms with Crippen molar-refractivity contribution in [3.8, 4) is 5.75 Å². The second-order valence-corrected chi connectivity index (χ2v) is 5.52. The van der Waals surface area contributed by atoms with Gasteiger partial charge in [0.25, 0.3) is 0 Å². The van der Waals surface area contributed by atoms with Crippen LogP contribution in [0.25, 0.3) is 0 Å². The van der Waals surface area contributed by atoms with Gasteiger partial charge in [-0.3, -0.25) is 0 Å². The van der Waals surface area contributed by atoms with Crippen LogP contribution in [0.3, 0.4) is 0 Å². The van der Waals surface area contributed by atoms with E-state index in [4.69, 9.17) is 0 Å². The Morgan fingerprint density at radius 3 is 2.05 bits per heavy atom. The molecule has 1 N–H and O–H groups in total. The third kappa shape index (κ3) is 15.1. The van der Waals surface area contributed by atoms with Crippen LogP contribution in [0.1, 0.15) is 64.4 Å². The minimum Gasteiger partial charge on any atom is -0.508 e. The summed E-state index contributed by atoms with van der Waals surface area (Å²) in [5, 5.41) is 9.58. The van der Waals surface area contributed by atoms with Crippen molar-refractivity contribution in [2.45, 2.75) is 65.2 Å². The SMILES string of the molecule is C1CO1.C=CC.CCCCCCCCCc1ccccc1O. The van der Waals surface area contributed by atoms with Gasteiger partial charge in [0.2, 0.25) is 0 Å². The molecule has 22 heavy (non-hydrogen) atoms. The van der Waals surface area contributed by atoms with Gasteiger partial charge in [-0.1, -0.05) is 69.7 Å². The van der Waals surface area contributed by atoms with Gasteiger partial charge in [-0.05, 0) is 31.4 Å². The zero-order chi connectivity index (χ0) is 16.5. The van der Waals surface area contributed by atoms with Crippen molar-refractivity contribution >= 4 is 0 Å². The van der Waals surface area contributed by atoms with E-state index in [9.17, 15) is 5.11 Å². The van der Waals surface area contributed by atoms with Gasteiger partial charge in [0, 0.05) is 0 Å². The van der Waals surface area contributed by atoms with E-state index >= 15 is 0 Å². The number of unbranched alkanes of at least 4 members (excludes halogenated alkanes) is 6. The van der Waals surface area contributed by atoms with Crippen molar-refractivity contribution in [3.63, 3.8) is 0 Å². The fourth-order valence-corrected chi connectivity index (χ4v) is 1.99. The molecule has 2 nitrogen and oxygen atoms in total. The van der Waals surface area contributed by atoms with Crippen molar-refractivity contribution in [2.24, 2.45) is 0 Å². The Bertz CT molecular complexity index is 356. The Morgan fingerprint density at radius 1 is 1.05 bits per heavy atom. The van der Waals surface area contributed by atoms with E-state index in [1.807, 2.05) is 25.1 Å². The van der Waals surface area contributed by atoms with Crippen LogP contribution in [-0.4, -0.2) is 18.3 Å². The first-order valence-corrected chi connectivity index (χ1v) is 8.67. The molecule has 0 radical (unpaired) electrons. The van der Waals surface area contributed by atoms with E-state index in [1.54, 1.807) is 12.1 Å². The van der Waals surface area contributed by atoms with E-state index in [-0.39, 0.29) is 0 Å². The Hall–Kier alpha value is -1.28. The molecule has 1 saturated heterocycles. The standard InChI is InChI=1S/C15H24O.C3H6.C2H4O/c1-2-3-4-5-6-7-8-11-14-12-9-10-13-15(14)16;1-3-2;1-2-3-1/h9-10,12-13,16H,2-8,11H2,1H3;3H,1H2,2H3;1-2H2. The zero-order valence-electron chi connectivity index (χ0n) is 14.5. The molecule has 0 atom stereocenters. The van der Waals surface area contributed by atoms with E-state index in [0.29, 0.717) is 5.75 Å². The van der Waals surface area contributed by atoms with E-state index < -0.39 is 0 Å². The van der Waals surface area contributed by atoms with Gasteiger partial charge in [0.15, 0.2) is 0 Å². The third-order valence-corrected chi connectivity index (χ3v) is 3.25. The molecule has 0 amide bonds. The monoisotopic (exact) mass is 306 g/mol. The van der Waals surface area contributed by atoms with E-state index in [1.165, 1.54) is 44.9 Å². The van der Waals surface area contributed by atoms with Crippen molar-refractivity contribution in [3.05, 3.63) is 42.5 Å². The summed E-state index contributed by atoms with van der Waals surface area (Å²) >= 11 is 0. The lowest BCUT2D eigenvalue weighted by atomic mass is 10.0. The molecule has 0 saturated carbocycles. The summed E-state index contributed by atoms with van der Waals surface area (Å²) in [6.07, 6.45) is 12.0. The summed E-state index contributed by atoms with van der Waals surface area (Å²) < 4.78 is 4.50. The number of ether oxygens (including phenoxy) is 1. The minimum atomic E-state index is 0.452. The number of hydrogen-bond acceptors (Lipinski definition) is 2. The Kier molecular flexibility index (Phi) is 15.2. The molecule has 0 bridgehead atoms. The Labute approximate surface area is 137 Å². The van der Waals surface area contributed by atoms with Crippen LogP contribution in [0, 0.1) is 0 Å². The molecule has 1 fully saturated rings. The molecule has 1 heterocycles. The summed E-state index contributed by atoms with van der Waals surface area (Å²) in [7, 11) is 0.